The fraction of sp³-hybridized carbons (Fsp3) is 0.359. The van der Waals surface area contributed by atoms with Crippen molar-refractivity contribution in [2.75, 3.05) is 11.9 Å². The smallest absolute Gasteiger partial charge is 0.335 e. The quantitative estimate of drug-likeness (QED) is 0.181. The van der Waals surface area contributed by atoms with Gasteiger partial charge in [0.15, 0.2) is 0 Å². The van der Waals surface area contributed by atoms with Crippen molar-refractivity contribution in [2.24, 2.45) is 5.92 Å². The number of carbonyl (C=O) groups excluding carboxylic acids is 2. The number of carboxylic acid groups (broad SMARTS) is 1. The van der Waals surface area contributed by atoms with Crippen molar-refractivity contribution < 1.29 is 24.2 Å². The van der Waals surface area contributed by atoms with Gasteiger partial charge in [0.05, 0.1) is 17.8 Å². The van der Waals surface area contributed by atoms with Gasteiger partial charge >= 0.3 is 5.97 Å². The lowest BCUT2D eigenvalue weighted by Crippen LogP contribution is -2.39. The predicted molar refractivity (Wildman–Crippen MR) is 184 cm³/mol. The Balaban J connectivity index is 1.04. The molecular weight excluding hydrogens is 590 g/mol. The number of fused-ring (bicyclic) bond motifs is 5. The second kappa shape index (κ2) is 13.1. The fourth-order valence-corrected chi connectivity index (χ4v) is 7.77. The first-order valence-electron chi connectivity index (χ1n) is 16.9. The first kappa shape index (κ1) is 30.8. The van der Waals surface area contributed by atoms with Crippen LogP contribution in [0.2, 0.25) is 0 Å². The average molecular weight is 632 g/mol. The van der Waals surface area contributed by atoms with Crippen LogP contribution in [0.3, 0.4) is 0 Å². The number of nitrogens with zero attached hydrogens (tertiary/aromatic N) is 1. The van der Waals surface area contributed by atoms with E-state index in [-0.39, 0.29) is 29.3 Å². The molecule has 2 aliphatic carbocycles. The molecule has 0 bridgehead atoms. The van der Waals surface area contributed by atoms with Gasteiger partial charge in [-0.3, -0.25) is 9.59 Å². The van der Waals surface area contributed by atoms with Gasteiger partial charge in [-0.2, -0.15) is 0 Å². The Kier molecular flexibility index (Phi) is 8.58. The molecule has 2 fully saturated rings. The first-order chi connectivity index (χ1) is 22.9. The van der Waals surface area contributed by atoms with E-state index < -0.39 is 5.97 Å². The van der Waals surface area contributed by atoms with Crippen molar-refractivity contribution in [3.05, 3.63) is 90.0 Å². The van der Waals surface area contributed by atoms with Gasteiger partial charge in [-0.05, 0) is 92.0 Å². The summed E-state index contributed by atoms with van der Waals surface area (Å²) in [6, 6.07) is 21.2. The Morgan fingerprint density at radius 1 is 0.851 bits per heavy atom. The molecule has 1 aromatic heterocycles. The van der Waals surface area contributed by atoms with Gasteiger partial charge in [0.2, 0.25) is 5.91 Å². The Labute approximate surface area is 274 Å². The third-order valence-corrected chi connectivity index (χ3v) is 10.3. The number of rotatable bonds is 7. The lowest BCUT2D eigenvalue weighted by molar-refractivity contribution is -0.130. The number of carbonyl (C=O) groups is 3. The van der Waals surface area contributed by atoms with Crippen molar-refractivity contribution >= 4 is 39.9 Å². The summed E-state index contributed by atoms with van der Waals surface area (Å²) in [5.74, 6) is 0.0644. The van der Waals surface area contributed by atoms with Crippen LogP contribution in [0.5, 0.6) is 5.75 Å². The van der Waals surface area contributed by atoms with E-state index in [1.54, 1.807) is 24.3 Å². The Morgan fingerprint density at radius 2 is 1.57 bits per heavy atom. The summed E-state index contributed by atoms with van der Waals surface area (Å²) < 4.78 is 8.56. The SMILES string of the molecule is C=C(C(=O)O)c1ccc(NC(=O)C2CCC(NC(=O)c3ccc4c(C5CCCCC5)c5n(c4c3)CCOc3ccccc3-5)CC2)cc1. The van der Waals surface area contributed by atoms with Crippen LogP contribution in [-0.4, -0.2) is 40.1 Å². The maximum absolute atomic E-state index is 13.6. The second-order valence-electron chi connectivity index (χ2n) is 13.2. The molecule has 0 saturated heterocycles. The zero-order chi connectivity index (χ0) is 32.5. The van der Waals surface area contributed by atoms with Crippen molar-refractivity contribution in [1.29, 1.82) is 0 Å². The van der Waals surface area contributed by atoms with E-state index in [0.29, 0.717) is 42.2 Å². The number of aliphatic carboxylic acids is 1. The summed E-state index contributed by atoms with van der Waals surface area (Å²) in [5, 5.41) is 16.6. The molecule has 7 rings (SSSR count). The molecule has 4 aromatic rings. The van der Waals surface area contributed by atoms with Crippen molar-refractivity contribution in [2.45, 2.75) is 76.3 Å². The summed E-state index contributed by atoms with van der Waals surface area (Å²) in [4.78, 5) is 37.7. The number of aromatic nitrogens is 1. The van der Waals surface area contributed by atoms with Crippen LogP contribution in [-0.2, 0) is 16.1 Å². The highest BCUT2D eigenvalue weighted by Crippen LogP contribution is 2.47. The number of para-hydroxylation sites is 1. The van der Waals surface area contributed by atoms with Crippen LogP contribution in [0.15, 0.2) is 73.3 Å². The number of benzene rings is 3. The van der Waals surface area contributed by atoms with Crippen LogP contribution >= 0.6 is 0 Å². The highest BCUT2D eigenvalue weighted by Gasteiger charge is 2.31. The van der Waals surface area contributed by atoms with Crippen LogP contribution in [0.1, 0.15) is 85.2 Å². The molecule has 8 heteroatoms. The van der Waals surface area contributed by atoms with E-state index in [1.165, 1.54) is 48.7 Å². The molecule has 3 aromatic carbocycles. The molecule has 2 saturated carbocycles. The Morgan fingerprint density at radius 3 is 2.32 bits per heavy atom. The van der Waals surface area contributed by atoms with Gasteiger partial charge in [0.25, 0.3) is 5.91 Å². The van der Waals surface area contributed by atoms with Gasteiger partial charge in [0.1, 0.15) is 12.4 Å². The molecule has 3 aliphatic rings. The molecule has 0 radical (unpaired) electrons. The average Bonchev–Trinajstić information content (AvgIpc) is 3.29. The zero-order valence-electron chi connectivity index (χ0n) is 26.6. The minimum atomic E-state index is -1.07. The minimum absolute atomic E-state index is 0.00562. The Hall–Kier alpha value is -4.85. The molecule has 8 nitrogen and oxygen atoms in total. The Bertz CT molecular complexity index is 1840. The van der Waals surface area contributed by atoms with Crippen LogP contribution in [0.4, 0.5) is 5.69 Å². The number of hydrogen-bond donors (Lipinski definition) is 3. The summed E-state index contributed by atoms with van der Waals surface area (Å²) >= 11 is 0. The van der Waals surface area contributed by atoms with E-state index in [9.17, 15) is 14.4 Å². The van der Waals surface area contributed by atoms with Gasteiger partial charge in [0, 0.05) is 39.7 Å². The monoisotopic (exact) mass is 631 g/mol. The van der Waals surface area contributed by atoms with Crippen LogP contribution < -0.4 is 15.4 Å². The van der Waals surface area contributed by atoms with E-state index >= 15 is 0 Å². The molecule has 3 N–H and O–H groups in total. The number of carboxylic acids is 1. The number of amides is 2. The normalized spacial score (nSPS) is 19.5. The minimum Gasteiger partial charge on any atom is -0.491 e. The molecule has 47 heavy (non-hydrogen) atoms. The third-order valence-electron chi connectivity index (χ3n) is 10.3. The summed E-state index contributed by atoms with van der Waals surface area (Å²) in [7, 11) is 0. The molecule has 2 heterocycles. The van der Waals surface area contributed by atoms with Crippen LogP contribution in [0, 0.1) is 5.92 Å². The number of nitrogens with one attached hydrogen (secondary N) is 2. The van der Waals surface area contributed by atoms with Crippen molar-refractivity contribution in [3.63, 3.8) is 0 Å². The first-order valence-corrected chi connectivity index (χ1v) is 16.9. The maximum atomic E-state index is 13.6. The molecule has 0 atom stereocenters. The van der Waals surface area contributed by atoms with Gasteiger partial charge in [-0.15, -0.1) is 0 Å². The lowest BCUT2D eigenvalue weighted by atomic mass is 9.81. The van der Waals surface area contributed by atoms with Gasteiger partial charge in [-0.1, -0.05) is 56.2 Å². The summed E-state index contributed by atoms with van der Waals surface area (Å²) in [6.07, 6.45) is 8.98. The number of anilines is 1. The number of ether oxygens (including phenoxy) is 1. The second-order valence-corrected chi connectivity index (χ2v) is 13.2. The standard InChI is InChI=1S/C39H41N3O5/c1-24(39(45)46)25-11-16-29(17-12-25)40-37(43)27-13-18-30(19-14-27)41-38(44)28-15-20-31-33(23-28)42-21-22-47-34-10-6-5-9-32(34)36(42)35(31)26-7-3-2-4-8-26/h5-6,9-12,15-17,20,23,26-27,30H,1-4,7-8,13-14,18-19,21-22H2,(H,40,43)(H,41,44)(H,45,46). The predicted octanol–water partition coefficient (Wildman–Crippen LogP) is 7.77. The number of hydrogen-bond acceptors (Lipinski definition) is 4. The van der Waals surface area contributed by atoms with E-state index in [2.05, 4.69) is 52.1 Å². The van der Waals surface area contributed by atoms with Crippen molar-refractivity contribution in [3.8, 4) is 17.0 Å². The van der Waals surface area contributed by atoms with Crippen LogP contribution in [0.25, 0.3) is 27.7 Å². The molecule has 0 unspecified atom stereocenters. The summed E-state index contributed by atoms with van der Waals surface area (Å²) in [5.41, 5.74) is 6.66. The highest BCUT2D eigenvalue weighted by molar-refractivity contribution is 6.14. The molecule has 242 valence electrons. The molecule has 0 spiro atoms. The van der Waals surface area contributed by atoms with Crippen molar-refractivity contribution in [1.82, 2.24) is 9.88 Å². The summed E-state index contributed by atoms with van der Waals surface area (Å²) in [6.45, 7) is 4.88. The van der Waals surface area contributed by atoms with E-state index in [4.69, 9.17) is 9.84 Å². The maximum Gasteiger partial charge on any atom is 0.335 e. The fourth-order valence-electron chi connectivity index (χ4n) is 7.77. The molecule has 1 aliphatic heterocycles. The topological polar surface area (TPSA) is 110 Å². The zero-order valence-corrected chi connectivity index (χ0v) is 26.6. The molecular formula is C39H41N3O5. The third kappa shape index (κ3) is 6.16. The van der Waals surface area contributed by atoms with Gasteiger partial charge in [-0.25, -0.2) is 4.79 Å². The highest BCUT2D eigenvalue weighted by atomic mass is 16.5. The van der Waals surface area contributed by atoms with E-state index in [0.717, 1.165) is 36.2 Å². The van der Waals surface area contributed by atoms with E-state index in [1.807, 2.05) is 12.1 Å². The lowest BCUT2D eigenvalue weighted by Gasteiger charge is -2.28. The largest absolute Gasteiger partial charge is 0.491 e. The van der Waals surface area contributed by atoms with Gasteiger partial charge < -0.3 is 25.0 Å². The molecule has 2 amide bonds.